The molecule has 2 amide bonds. The lowest BCUT2D eigenvalue weighted by Crippen LogP contribution is -2.50. The number of nitrogens with one attached hydrogen (secondary N) is 2. The van der Waals surface area contributed by atoms with Gasteiger partial charge in [-0.2, -0.15) is 0 Å². The van der Waals surface area contributed by atoms with E-state index < -0.39 is 12.1 Å². The lowest BCUT2D eigenvalue weighted by atomic mass is 10.0. The zero-order valence-electron chi connectivity index (χ0n) is 13.1. The number of carbonyl (C=O) groups excluding carboxylic acids is 2. The topological polar surface area (TPSA) is 80.6 Å². The van der Waals surface area contributed by atoms with Crippen LogP contribution in [-0.4, -0.2) is 30.6 Å². The molecule has 22 heavy (non-hydrogen) atoms. The third-order valence-electron chi connectivity index (χ3n) is 3.58. The maximum absolute atomic E-state index is 12.3. The van der Waals surface area contributed by atoms with Crippen LogP contribution in [0, 0.1) is 5.92 Å². The summed E-state index contributed by atoms with van der Waals surface area (Å²) in [6, 6.07) is 3.02. The lowest BCUT2D eigenvalue weighted by Gasteiger charge is -2.21. The minimum absolute atomic E-state index is 0.198. The molecule has 0 saturated carbocycles. The minimum atomic E-state index is -0.549. The van der Waals surface area contributed by atoms with Gasteiger partial charge in [-0.05, 0) is 37.3 Å². The maximum Gasteiger partial charge on any atom is 0.249 e. The third-order valence-corrected chi connectivity index (χ3v) is 3.58. The molecule has 1 aliphatic rings. The van der Waals surface area contributed by atoms with Crippen molar-refractivity contribution in [1.82, 2.24) is 10.6 Å². The zero-order chi connectivity index (χ0) is 15.9. The van der Waals surface area contributed by atoms with Gasteiger partial charge in [0.2, 0.25) is 11.8 Å². The molecule has 2 rings (SSSR count). The number of hydrogen-bond donors (Lipinski definition) is 2. The van der Waals surface area contributed by atoms with Crippen LogP contribution in [0.5, 0.6) is 0 Å². The van der Waals surface area contributed by atoms with Gasteiger partial charge in [-0.25, -0.2) is 0 Å². The molecule has 0 aromatic carbocycles. The number of amides is 2. The summed E-state index contributed by atoms with van der Waals surface area (Å²) in [7, 11) is 0. The van der Waals surface area contributed by atoms with E-state index in [-0.39, 0.29) is 11.8 Å². The first kappa shape index (κ1) is 16.5. The Labute approximate surface area is 130 Å². The maximum atomic E-state index is 12.3. The highest BCUT2D eigenvalue weighted by atomic mass is 16.5. The first-order valence-electron chi connectivity index (χ1n) is 7.78. The van der Waals surface area contributed by atoms with Crippen LogP contribution < -0.4 is 10.6 Å². The standard InChI is InChI=1S/C16H24N2O4/c1-11(2)9-13(18-16(20)14-6-4-8-22-14)15(19)17-10-12-5-3-7-21-12/h3,5,7,11,13-14H,4,6,8-10H2,1-2H3,(H,17,19)(H,18,20)/t13-,14?/m1/s1. The first-order valence-corrected chi connectivity index (χ1v) is 7.78. The second-order valence-corrected chi connectivity index (χ2v) is 5.99. The van der Waals surface area contributed by atoms with Gasteiger partial charge in [0.15, 0.2) is 0 Å². The van der Waals surface area contributed by atoms with Crippen LogP contribution in [0.1, 0.15) is 38.9 Å². The fraction of sp³-hybridized carbons (Fsp3) is 0.625. The fourth-order valence-corrected chi connectivity index (χ4v) is 2.46. The molecule has 1 aromatic rings. The molecule has 2 atom stereocenters. The Morgan fingerprint density at radius 3 is 2.82 bits per heavy atom. The molecule has 1 aliphatic heterocycles. The molecule has 122 valence electrons. The Balaban J connectivity index is 1.89. The van der Waals surface area contributed by atoms with E-state index in [1.165, 1.54) is 0 Å². The van der Waals surface area contributed by atoms with E-state index >= 15 is 0 Å². The quantitative estimate of drug-likeness (QED) is 0.802. The van der Waals surface area contributed by atoms with Crippen molar-refractivity contribution >= 4 is 11.8 Å². The zero-order valence-corrected chi connectivity index (χ0v) is 13.1. The Hall–Kier alpha value is -1.82. The molecule has 0 aliphatic carbocycles. The van der Waals surface area contributed by atoms with E-state index in [0.29, 0.717) is 37.7 Å². The summed E-state index contributed by atoms with van der Waals surface area (Å²) in [5.74, 6) is 0.582. The van der Waals surface area contributed by atoms with Crippen LogP contribution >= 0.6 is 0 Å². The van der Waals surface area contributed by atoms with Crippen molar-refractivity contribution in [2.75, 3.05) is 6.61 Å². The summed E-state index contributed by atoms with van der Waals surface area (Å²) in [4.78, 5) is 24.5. The van der Waals surface area contributed by atoms with Gasteiger partial charge >= 0.3 is 0 Å². The predicted octanol–water partition coefficient (Wildman–Crippen LogP) is 1.61. The summed E-state index contributed by atoms with van der Waals surface area (Å²) >= 11 is 0. The van der Waals surface area contributed by atoms with Crippen molar-refractivity contribution in [2.24, 2.45) is 5.92 Å². The molecule has 1 fully saturated rings. The molecular formula is C16H24N2O4. The second-order valence-electron chi connectivity index (χ2n) is 5.99. The third kappa shape index (κ3) is 4.87. The molecule has 2 heterocycles. The van der Waals surface area contributed by atoms with Crippen molar-refractivity contribution in [2.45, 2.75) is 51.8 Å². The Bertz CT molecular complexity index is 478. The van der Waals surface area contributed by atoms with Gasteiger partial charge in [0.1, 0.15) is 17.9 Å². The summed E-state index contributed by atoms with van der Waals surface area (Å²) in [6.07, 6.45) is 3.33. The van der Waals surface area contributed by atoms with Crippen molar-refractivity contribution in [3.05, 3.63) is 24.2 Å². The molecule has 1 aromatic heterocycles. The van der Waals surface area contributed by atoms with E-state index in [4.69, 9.17) is 9.15 Å². The molecule has 6 nitrogen and oxygen atoms in total. The number of carbonyl (C=O) groups is 2. The molecule has 0 radical (unpaired) electrons. The largest absolute Gasteiger partial charge is 0.467 e. The monoisotopic (exact) mass is 308 g/mol. The van der Waals surface area contributed by atoms with Crippen molar-refractivity contribution < 1.29 is 18.7 Å². The van der Waals surface area contributed by atoms with Gasteiger partial charge < -0.3 is 19.8 Å². The van der Waals surface area contributed by atoms with Crippen LogP contribution in [0.25, 0.3) is 0 Å². The van der Waals surface area contributed by atoms with Gasteiger partial charge in [-0.3, -0.25) is 9.59 Å². The van der Waals surface area contributed by atoms with E-state index in [2.05, 4.69) is 10.6 Å². The van der Waals surface area contributed by atoms with Crippen molar-refractivity contribution in [1.29, 1.82) is 0 Å². The van der Waals surface area contributed by atoms with Crippen LogP contribution in [0.4, 0.5) is 0 Å². The summed E-state index contributed by atoms with van der Waals surface area (Å²) in [5.41, 5.74) is 0. The smallest absolute Gasteiger partial charge is 0.249 e. The minimum Gasteiger partial charge on any atom is -0.467 e. The van der Waals surface area contributed by atoms with Crippen LogP contribution in [0.2, 0.25) is 0 Å². The summed E-state index contributed by atoms with van der Waals surface area (Å²) in [5, 5.41) is 5.61. The van der Waals surface area contributed by atoms with Gasteiger partial charge in [0.25, 0.3) is 0 Å². The number of ether oxygens (including phenoxy) is 1. The van der Waals surface area contributed by atoms with Gasteiger partial charge in [0.05, 0.1) is 12.8 Å². The predicted molar refractivity (Wildman–Crippen MR) is 80.9 cm³/mol. The van der Waals surface area contributed by atoms with E-state index in [1.54, 1.807) is 18.4 Å². The van der Waals surface area contributed by atoms with Gasteiger partial charge in [-0.15, -0.1) is 0 Å². The second kappa shape index (κ2) is 7.98. The number of hydrogen-bond acceptors (Lipinski definition) is 4. The molecule has 0 spiro atoms. The number of furan rings is 1. The Kier molecular flexibility index (Phi) is 6.00. The normalized spacial score (nSPS) is 19.1. The van der Waals surface area contributed by atoms with E-state index in [1.807, 2.05) is 13.8 Å². The first-order chi connectivity index (χ1) is 10.6. The molecule has 2 N–H and O–H groups in total. The summed E-state index contributed by atoms with van der Waals surface area (Å²) < 4.78 is 10.5. The Morgan fingerprint density at radius 2 is 2.23 bits per heavy atom. The van der Waals surface area contributed by atoms with Crippen LogP contribution in [-0.2, 0) is 20.9 Å². The van der Waals surface area contributed by atoms with Crippen LogP contribution in [0.3, 0.4) is 0 Å². The van der Waals surface area contributed by atoms with Crippen LogP contribution in [0.15, 0.2) is 22.8 Å². The molecule has 1 unspecified atom stereocenters. The van der Waals surface area contributed by atoms with E-state index in [0.717, 1.165) is 6.42 Å². The van der Waals surface area contributed by atoms with Gasteiger partial charge in [-0.1, -0.05) is 13.8 Å². The van der Waals surface area contributed by atoms with Gasteiger partial charge in [0, 0.05) is 6.61 Å². The molecule has 6 heteroatoms. The van der Waals surface area contributed by atoms with E-state index in [9.17, 15) is 9.59 Å². The highest BCUT2D eigenvalue weighted by Gasteiger charge is 2.28. The molecule has 1 saturated heterocycles. The van der Waals surface area contributed by atoms with Crippen molar-refractivity contribution in [3.8, 4) is 0 Å². The summed E-state index contributed by atoms with van der Waals surface area (Å²) in [6.45, 7) is 4.96. The highest BCUT2D eigenvalue weighted by molar-refractivity contribution is 5.89. The molecular weight excluding hydrogens is 284 g/mol. The lowest BCUT2D eigenvalue weighted by molar-refractivity contribution is -0.134. The van der Waals surface area contributed by atoms with Crippen molar-refractivity contribution in [3.63, 3.8) is 0 Å². The highest BCUT2D eigenvalue weighted by Crippen LogP contribution is 2.13. The average Bonchev–Trinajstić information content (AvgIpc) is 3.16. The Morgan fingerprint density at radius 1 is 1.41 bits per heavy atom. The molecule has 0 bridgehead atoms. The number of rotatable bonds is 7. The average molecular weight is 308 g/mol. The fourth-order valence-electron chi connectivity index (χ4n) is 2.46. The SMILES string of the molecule is CC(C)C[C@@H](NC(=O)C1CCCO1)C(=O)NCc1ccco1.